The maximum Gasteiger partial charge on any atom is 0.414 e. The average molecular weight is 449 g/mol. The Balaban J connectivity index is 0.000000534. The predicted octanol–water partition coefficient (Wildman–Crippen LogP) is 0.327. The van der Waals surface area contributed by atoms with Gasteiger partial charge in [0.05, 0.1) is 12.6 Å². The summed E-state index contributed by atoms with van der Waals surface area (Å²) in [6.45, 7) is 2.94. The second-order valence-electron chi connectivity index (χ2n) is 7.06. The molecule has 0 saturated carbocycles. The Morgan fingerprint density at radius 1 is 1.12 bits per heavy atom. The van der Waals surface area contributed by atoms with Crippen molar-refractivity contribution < 1.29 is 33.8 Å². The standard InChI is InChI=1S/C18H22FN5O2.C2H2O4/c19-14-3-5-15(6-4-14)24-11-10-22(18(24)26)9-7-21-13-17(25)23-8-1-2-16(23)12-20;3-1(4)2(5)6/h3-6,16,21H,1-2,7-11,13H2;(H,3,4)(H,5,6). The van der Waals surface area contributed by atoms with E-state index in [2.05, 4.69) is 11.4 Å². The molecule has 0 aliphatic carbocycles. The van der Waals surface area contributed by atoms with Crippen molar-refractivity contribution in [1.82, 2.24) is 15.1 Å². The van der Waals surface area contributed by atoms with Crippen LogP contribution in [0.15, 0.2) is 24.3 Å². The molecule has 1 unspecified atom stereocenters. The molecule has 12 heteroatoms. The number of aliphatic carboxylic acids is 2. The number of carbonyl (C=O) groups excluding carboxylic acids is 2. The second kappa shape index (κ2) is 11.6. The molecule has 1 aromatic carbocycles. The lowest BCUT2D eigenvalue weighted by molar-refractivity contribution is -0.159. The molecule has 2 aliphatic rings. The zero-order valence-electron chi connectivity index (χ0n) is 17.2. The summed E-state index contributed by atoms with van der Waals surface area (Å²) in [5.41, 5.74) is 0.679. The number of nitrogens with one attached hydrogen (secondary N) is 1. The van der Waals surface area contributed by atoms with E-state index in [4.69, 9.17) is 25.1 Å². The van der Waals surface area contributed by atoms with Crippen LogP contribution in [-0.2, 0) is 14.4 Å². The van der Waals surface area contributed by atoms with Crippen LogP contribution in [0.5, 0.6) is 0 Å². The molecule has 3 amide bonds. The molecule has 2 heterocycles. The Morgan fingerprint density at radius 3 is 2.38 bits per heavy atom. The lowest BCUT2D eigenvalue weighted by Gasteiger charge is -2.21. The Hall–Kier alpha value is -3.72. The van der Waals surface area contributed by atoms with Crippen LogP contribution in [0.3, 0.4) is 0 Å². The molecule has 172 valence electrons. The summed E-state index contributed by atoms with van der Waals surface area (Å²) in [6, 6.07) is 7.59. The van der Waals surface area contributed by atoms with Gasteiger partial charge in [0.1, 0.15) is 11.9 Å². The van der Waals surface area contributed by atoms with Crippen LogP contribution in [0.4, 0.5) is 14.9 Å². The number of carboxylic acids is 2. The highest BCUT2D eigenvalue weighted by Gasteiger charge is 2.30. The molecule has 32 heavy (non-hydrogen) atoms. The van der Waals surface area contributed by atoms with Gasteiger partial charge in [-0.15, -0.1) is 0 Å². The van der Waals surface area contributed by atoms with Crippen LogP contribution >= 0.6 is 0 Å². The number of amides is 3. The number of hydrogen-bond acceptors (Lipinski definition) is 6. The Labute approximate surface area is 183 Å². The summed E-state index contributed by atoms with van der Waals surface area (Å²) in [5.74, 6) is -4.05. The highest BCUT2D eigenvalue weighted by molar-refractivity contribution is 6.27. The van der Waals surface area contributed by atoms with E-state index in [1.165, 1.54) is 12.1 Å². The van der Waals surface area contributed by atoms with Crippen LogP contribution in [0.25, 0.3) is 0 Å². The van der Waals surface area contributed by atoms with E-state index < -0.39 is 11.9 Å². The van der Waals surface area contributed by atoms with Crippen LogP contribution in [-0.4, -0.2) is 89.2 Å². The molecule has 1 atom stereocenters. The van der Waals surface area contributed by atoms with Gasteiger partial charge in [-0.3, -0.25) is 9.69 Å². The molecule has 0 spiro atoms. The van der Waals surface area contributed by atoms with Crippen molar-refractivity contribution in [3.63, 3.8) is 0 Å². The molecule has 2 aliphatic heterocycles. The number of nitriles is 1. The van der Waals surface area contributed by atoms with Crippen molar-refractivity contribution in [3.8, 4) is 6.07 Å². The molecule has 0 aromatic heterocycles. The number of carboxylic acid groups (broad SMARTS) is 2. The van der Waals surface area contributed by atoms with Crippen molar-refractivity contribution in [2.45, 2.75) is 18.9 Å². The van der Waals surface area contributed by atoms with Gasteiger partial charge < -0.3 is 25.3 Å². The van der Waals surface area contributed by atoms with E-state index in [-0.39, 0.29) is 30.3 Å². The summed E-state index contributed by atoms with van der Waals surface area (Å²) < 4.78 is 13.0. The van der Waals surface area contributed by atoms with E-state index in [1.807, 2.05) is 0 Å². The third-order valence-corrected chi connectivity index (χ3v) is 4.97. The molecule has 3 rings (SSSR count). The van der Waals surface area contributed by atoms with E-state index in [1.54, 1.807) is 26.8 Å². The van der Waals surface area contributed by atoms with E-state index in [9.17, 15) is 14.0 Å². The minimum atomic E-state index is -1.82. The van der Waals surface area contributed by atoms with Crippen LogP contribution in [0.2, 0.25) is 0 Å². The van der Waals surface area contributed by atoms with Crippen molar-refractivity contribution in [3.05, 3.63) is 30.1 Å². The summed E-state index contributed by atoms with van der Waals surface area (Å²) in [4.78, 5) is 47.7. The van der Waals surface area contributed by atoms with Gasteiger partial charge in [-0.1, -0.05) is 0 Å². The van der Waals surface area contributed by atoms with Crippen molar-refractivity contribution >= 4 is 29.6 Å². The lowest BCUT2D eigenvalue weighted by Crippen LogP contribution is -2.43. The smallest absolute Gasteiger partial charge is 0.414 e. The van der Waals surface area contributed by atoms with Crippen LogP contribution in [0, 0.1) is 17.1 Å². The summed E-state index contributed by atoms with van der Waals surface area (Å²) in [5, 5.41) is 26.9. The van der Waals surface area contributed by atoms with Gasteiger partial charge >= 0.3 is 18.0 Å². The van der Waals surface area contributed by atoms with E-state index in [0.29, 0.717) is 38.4 Å². The number of benzene rings is 1. The number of likely N-dealkylation sites (tertiary alicyclic amines) is 1. The largest absolute Gasteiger partial charge is 0.473 e. The summed E-state index contributed by atoms with van der Waals surface area (Å²) in [6.07, 6.45) is 1.61. The van der Waals surface area contributed by atoms with Crippen LogP contribution < -0.4 is 10.2 Å². The Morgan fingerprint density at radius 2 is 1.78 bits per heavy atom. The molecule has 2 saturated heterocycles. The average Bonchev–Trinajstić information content (AvgIpc) is 3.39. The maximum absolute atomic E-state index is 13.0. The molecular formula is C20H24FN5O6. The normalized spacial score (nSPS) is 17.6. The molecule has 0 bridgehead atoms. The van der Waals surface area contributed by atoms with E-state index >= 15 is 0 Å². The molecule has 3 N–H and O–H groups in total. The first kappa shape index (κ1) is 24.5. The Bertz CT molecular complexity index is 875. The fraction of sp³-hybridized carbons (Fsp3) is 0.450. The summed E-state index contributed by atoms with van der Waals surface area (Å²) in [7, 11) is 0. The third-order valence-electron chi connectivity index (χ3n) is 4.97. The highest BCUT2D eigenvalue weighted by Crippen LogP contribution is 2.20. The zero-order valence-corrected chi connectivity index (χ0v) is 17.2. The number of anilines is 1. The monoisotopic (exact) mass is 449 g/mol. The first-order valence-electron chi connectivity index (χ1n) is 9.92. The van der Waals surface area contributed by atoms with Crippen LogP contribution in [0.1, 0.15) is 12.8 Å². The van der Waals surface area contributed by atoms with E-state index in [0.717, 1.165) is 12.8 Å². The van der Waals surface area contributed by atoms with Gasteiger partial charge in [0, 0.05) is 38.4 Å². The highest BCUT2D eigenvalue weighted by atomic mass is 19.1. The first-order valence-corrected chi connectivity index (χ1v) is 9.92. The van der Waals surface area contributed by atoms with Gasteiger partial charge in [-0.25, -0.2) is 18.8 Å². The van der Waals surface area contributed by atoms with Gasteiger partial charge in [0.15, 0.2) is 0 Å². The van der Waals surface area contributed by atoms with Gasteiger partial charge in [-0.05, 0) is 37.1 Å². The van der Waals surface area contributed by atoms with Gasteiger partial charge in [0.2, 0.25) is 5.91 Å². The number of halogens is 1. The number of rotatable bonds is 6. The first-order chi connectivity index (χ1) is 15.2. The molecule has 0 radical (unpaired) electrons. The Kier molecular flexibility index (Phi) is 8.91. The molecule has 11 nitrogen and oxygen atoms in total. The number of nitrogens with zero attached hydrogens (tertiary/aromatic N) is 4. The van der Waals surface area contributed by atoms with Crippen molar-refractivity contribution in [1.29, 1.82) is 5.26 Å². The zero-order chi connectivity index (χ0) is 23.7. The fourth-order valence-corrected chi connectivity index (χ4v) is 3.36. The SMILES string of the molecule is N#CC1CCCN1C(=O)CNCCN1CCN(c2ccc(F)cc2)C1=O.O=C(O)C(=O)O. The second-order valence-corrected chi connectivity index (χ2v) is 7.06. The van der Waals surface area contributed by atoms with Gasteiger partial charge in [0.25, 0.3) is 0 Å². The number of urea groups is 1. The minimum absolute atomic E-state index is 0.0743. The number of hydrogen-bond donors (Lipinski definition) is 3. The molecule has 1 aromatic rings. The lowest BCUT2D eigenvalue weighted by atomic mass is 10.2. The number of carbonyl (C=O) groups is 4. The fourth-order valence-electron chi connectivity index (χ4n) is 3.36. The molecule has 2 fully saturated rings. The minimum Gasteiger partial charge on any atom is -0.473 e. The summed E-state index contributed by atoms with van der Waals surface area (Å²) >= 11 is 0. The topological polar surface area (TPSA) is 154 Å². The third kappa shape index (κ3) is 6.64. The molecular weight excluding hydrogens is 425 g/mol. The van der Waals surface area contributed by atoms with Crippen molar-refractivity contribution in [2.75, 3.05) is 44.2 Å². The predicted molar refractivity (Wildman–Crippen MR) is 109 cm³/mol. The quantitative estimate of drug-likeness (QED) is 0.415. The van der Waals surface area contributed by atoms with Gasteiger partial charge in [-0.2, -0.15) is 5.26 Å². The van der Waals surface area contributed by atoms with Crippen molar-refractivity contribution in [2.24, 2.45) is 0 Å². The maximum atomic E-state index is 13.0.